The summed E-state index contributed by atoms with van der Waals surface area (Å²) in [5.41, 5.74) is 1.38. The van der Waals surface area contributed by atoms with Gasteiger partial charge in [0.1, 0.15) is 6.61 Å². The van der Waals surface area contributed by atoms with Gasteiger partial charge in [0, 0.05) is 10.5 Å². The molecule has 2 rings (SSSR count). The lowest BCUT2D eigenvalue weighted by atomic mass is 10.2. The third kappa shape index (κ3) is 3.89. The van der Waals surface area contributed by atoms with Gasteiger partial charge in [0.25, 0.3) is 5.69 Å². The lowest BCUT2D eigenvalue weighted by Crippen LogP contribution is -1.94. The minimum Gasteiger partial charge on any atom is -0.391 e. The summed E-state index contributed by atoms with van der Waals surface area (Å²) >= 11 is 3.35. The fourth-order valence-corrected chi connectivity index (χ4v) is 1.81. The van der Waals surface area contributed by atoms with E-state index in [0.29, 0.717) is 12.2 Å². The Bertz CT molecular complexity index is 627. The second kappa shape index (κ2) is 6.81. The number of halogens is 1. The van der Waals surface area contributed by atoms with Crippen molar-refractivity contribution >= 4 is 27.8 Å². The van der Waals surface area contributed by atoms with Gasteiger partial charge in [-0.3, -0.25) is 10.1 Å². The summed E-state index contributed by atoms with van der Waals surface area (Å²) in [5.74, 6) is 0. The first-order valence-corrected chi connectivity index (χ1v) is 6.59. The van der Waals surface area contributed by atoms with E-state index in [1.165, 1.54) is 12.3 Å². The number of para-hydroxylation sites is 1. The molecule has 6 heteroatoms. The van der Waals surface area contributed by atoms with E-state index in [-0.39, 0.29) is 5.69 Å². The van der Waals surface area contributed by atoms with Gasteiger partial charge in [-0.1, -0.05) is 45.4 Å². The van der Waals surface area contributed by atoms with Crippen molar-refractivity contribution in [2.75, 3.05) is 0 Å². The van der Waals surface area contributed by atoms with Crippen molar-refractivity contribution in [3.05, 3.63) is 74.2 Å². The fourth-order valence-electron chi connectivity index (χ4n) is 1.55. The van der Waals surface area contributed by atoms with E-state index >= 15 is 0 Å². The molecule has 0 bridgehead atoms. The number of hydrogen-bond acceptors (Lipinski definition) is 4. The number of nitro groups is 1. The molecule has 0 fully saturated rings. The molecule has 0 spiro atoms. The number of rotatable bonds is 5. The predicted molar refractivity (Wildman–Crippen MR) is 79.6 cm³/mol. The van der Waals surface area contributed by atoms with E-state index in [1.807, 2.05) is 24.3 Å². The highest BCUT2D eigenvalue weighted by atomic mass is 79.9. The third-order valence-corrected chi connectivity index (χ3v) is 3.07. The maximum atomic E-state index is 10.8. The summed E-state index contributed by atoms with van der Waals surface area (Å²) in [7, 11) is 0. The van der Waals surface area contributed by atoms with Crippen molar-refractivity contribution in [1.29, 1.82) is 0 Å². The van der Waals surface area contributed by atoms with Crippen LogP contribution in [0, 0.1) is 10.1 Å². The molecule has 0 saturated carbocycles. The van der Waals surface area contributed by atoms with Gasteiger partial charge in [0.05, 0.1) is 16.7 Å². The van der Waals surface area contributed by atoms with Gasteiger partial charge in [0.2, 0.25) is 0 Å². The van der Waals surface area contributed by atoms with Crippen LogP contribution in [-0.2, 0) is 11.4 Å². The minimum atomic E-state index is -0.448. The summed E-state index contributed by atoms with van der Waals surface area (Å²) in [6.07, 6.45) is 1.34. The van der Waals surface area contributed by atoms with Crippen molar-refractivity contribution in [1.82, 2.24) is 0 Å². The van der Waals surface area contributed by atoms with Gasteiger partial charge >= 0.3 is 0 Å². The molecule has 102 valence electrons. The quantitative estimate of drug-likeness (QED) is 0.473. The van der Waals surface area contributed by atoms with Crippen LogP contribution in [0.3, 0.4) is 0 Å². The molecule has 2 aromatic rings. The zero-order valence-corrected chi connectivity index (χ0v) is 12.0. The lowest BCUT2D eigenvalue weighted by molar-refractivity contribution is -0.385. The van der Waals surface area contributed by atoms with Crippen LogP contribution in [0.1, 0.15) is 11.1 Å². The second-order valence-corrected chi connectivity index (χ2v) is 4.87. The molecule has 0 aliphatic carbocycles. The molecule has 2 aromatic carbocycles. The SMILES string of the molecule is O=[N+]([O-])c1ccccc1C=NOCc1ccc(Br)cc1. The van der Waals surface area contributed by atoms with Crippen LogP contribution in [0.15, 0.2) is 58.2 Å². The minimum absolute atomic E-state index is 0.00323. The molecule has 0 aliphatic rings. The van der Waals surface area contributed by atoms with Crippen LogP contribution < -0.4 is 0 Å². The molecule has 0 amide bonds. The Kier molecular flexibility index (Phi) is 4.84. The van der Waals surface area contributed by atoms with Crippen molar-refractivity contribution in [3.63, 3.8) is 0 Å². The van der Waals surface area contributed by atoms with Crippen LogP contribution in [0.2, 0.25) is 0 Å². The molecule has 0 unspecified atom stereocenters. The molecule has 5 nitrogen and oxygen atoms in total. The predicted octanol–water partition coefficient (Wildman–Crippen LogP) is 3.91. The molecular formula is C14H11BrN2O3. The van der Waals surface area contributed by atoms with Crippen molar-refractivity contribution in [2.45, 2.75) is 6.61 Å². The van der Waals surface area contributed by atoms with Crippen molar-refractivity contribution in [3.8, 4) is 0 Å². The van der Waals surface area contributed by atoms with E-state index in [1.54, 1.807) is 18.2 Å². The molecule has 0 atom stereocenters. The number of oxime groups is 1. The zero-order chi connectivity index (χ0) is 14.4. The van der Waals surface area contributed by atoms with Gasteiger partial charge in [-0.2, -0.15) is 0 Å². The molecule has 0 aliphatic heterocycles. The number of nitro benzene ring substituents is 1. The summed E-state index contributed by atoms with van der Waals surface area (Å²) in [6, 6.07) is 14.0. The molecular weight excluding hydrogens is 324 g/mol. The Morgan fingerprint density at radius 2 is 1.90 bits per heavy atom. The molecule has 0 N–H and O–H groups in total. The highest BCUT2D eigenvalue weighted by Crippen LogP contribution is 2.15. The van der Waals surface area contributed by atoms with Gasteiger partial charge in [-0.15, -0.1) is 0 Å². The van der Waals surface area contributed by atoms with Crippen LogP contribution in [0.4, 0.5) is 5.69 Å². The van der Waals surface area contributed by atoms with E-state index in [9.17, 15) is 10.1 Å². The first-order chi connectivity index (χ1) is 9.66. The Morgan fingerprint density at radius 3 is 2.60 bits per heavy atom. The average Bonchev–Trinajstić information content (AvgIpc) is 2.46. The highest BCUT2D eigenvalue weighted by Gasteiger charge is 2.09. The monoisotopic (exact) mass is 334 g/mol. The standard InChI is InChI=1S/C14H11BrN2O3/c15-13-7-5-11(6-8-13)10-20-16-9-12-3-1-2-4-14(12)17(18)19/h1-9H,10H2. The average molecular weight is 335 g/mol. The molecule has 0 heterocycles. The van der Waals surface area contributed by atoms with E-state index in [4.69, 9.17) is 4.84 Å². The molecule has 0 saturated heterocycles. The van der Waals surface area contributed by atoms with Gasteiger partial charge in [0.15, 0.2) is 0 Å². The second-order valence-electron chi connectivity index (χ2n) is 3.95. The molecule has 0 radical (unpaired) electrons. The van der Waals surface area contributed by atoms with Crippen LogP contribution in [0.25, 0.3) is 0 Å². The first kappa shape index (κ1) is 14.2. The number of benzene rings is 2. The molecule has 20 heavy (non-hydrogen) atoms. The Morgan fingerprint density at radius 1 is 1.20 bits per heavy atom. The Balaban J connectivity index is 1.97. The third-order valence-electron chi connectivity index (χ3n) is 2.54. The Hall–Kier alpha value is -2.21. The number of nitrogens with zero attached hydrogens (tertiary/aromatic N) is 2. The summed E-state index contributed by atoms with van der Waals surface area (Å²) in [4.78, 5) is 15.5. The topological polar surface area (TPSA) is 64.7 Å². The van der Waals surface area contributed by atoms with Crippen molar-refractivity contribution < 1.29 is 9.76 Å². The zero-order valence-electron chi connectivity index (χ0n) is 10.4. The fraction of sp³-hybridized carbons (Fsp3) is 0.0714. The highest BCUT2D eigenvalue weighted by molar-refractivity contribution is 9.10. The maximum absolute atomic E-state index is 10.8. The van der Waals surface area contributed by atoms with Gasteiger partial charge in [-0.25, -0.2) is 0 Å². The van der Waals surface area contributed by atoms with Gasteiger partial charge in [-0.05, 0) is 23.8 Å². The maximum Gasteiger partial charge on any atom is 0.278 e. The van der Waals surface area contributed by atoms with E-state index < -0.39 is 4.92 Å². The smallest absolute Gasteiger partial charge is 0.278 e. The van der Waals surface area contributed by atoms with Crippen LogP contribution in [0.5, 0.6) is 0 Å². The summed E-state index contributed by atoms with van der Waals surface area (Å²) in [5, 5.41) is 14.6. The number of hydrogen-bond donors (Lipinski definition) is 0. The van der Waals surface area contributed by atoms with Crippen LogP contribution in [-0.4, -0.2) is 11.1 Å². The largest absolute Gasteiger partial charge is 0.391 e. The van der Waals surface area contributed by atoms with E-state index in [0.717, 1.165) is 10.0 Å². The molecule has 0 aromatic heterocycles. The van der Waals surface area contributed by atoms with E-state index in [2.05, 4.69) is 21.1 Å². The van der Waals surface area contributed by atoms with Crippen molar-refractivity contribution in [2.24, 2.45) is 5.16 Å². The Labute approximate surface area is 124 Å². The normalized spacial score (nSPS) is 10.7. The summed E-state index contributed by atoms with van der Waals surface area (Å²) < 4.78 is 0.990. The first-order valence-electron chi connectivity index (χ1n) is 5.80. The van der Waals surface area contributed by atoms with Crippen LogP contribution >= 0.6 is 15.9 Å². The lowest BCUT2D eigenvalue weighted by Gasteiger charge is -2.00. The summed E-state index contributed by atoms with van der Waals surface area (Å²) in [6.45, 7) is 0.310. The van der Waals surface area contributed by atoms with Gasteiger partial charge < -0.3 is 4.84 Å².